The lowest BCUT2D eigenvalue weighted by atomic mass is 9.79. The number of nitrogens with zero attached hydrogens (tertiary/aromatic N) is 2. The van der Waals surface area contributed by atoms with Crippen molar-refractivity contribution >= 4 is 35.5 Å². The van der Waals surface area contributed by atoms with Crippen LogP contribution in [0, 0.1) is 11.8 Å². The zero-order valence-electron chi connectivity index (χ0n) is 31.8. The van der Waals surface area contributed by atoms with Crippen LogP contribution >= 0.6 is 11.8 Å². The smallest absolute Gasteiger partial charge is 0.353 e. The van der Waals surface area contributed by atoms with Gasteiger partial charge in [-0.2, -0.15) is 0 Å². The van der Waals surface area contributed by atoms with Crippen LogP contribution in [0.2, 0.25) is 0 Å². The fourth-order valence-electron chi connectivity index (χ4n) is 7.62. The lowest BCUT2D eigenvalue weighted by Crippen LogP contribution is -2.63. The van der Waals surface area contributed by atoms with Gasteiger partial charge in [-0.3, -0.25) is 14.4 Å². The number of amides is 3. The molecule has 2 aromatic carbocycles. The van der Waals surface area contributed by atoms with E-state index in [4.69, 9.17) is 14.2 Å². The third-order valence-corrected chi connectivity index (χ3v) is 12.0. The van der Waals surface area contributed by atoms with E-state index in [0.29, 0.717) is 42.5 Å². The summed E-state index contributed by atoms with van der Waals surface area (Å²) in [6.45, 7) is 5.06. The van der Waals surface area contributed by atoms with Crippen LogP contribution in [0.5, 0.6) is 17.2 Å². The predicted molar refractivity (Wildman–Crippen MR) is 205 cm³/mol. The van der Waals surface area contributed by atoms with E-state index in [0.717, 1.165) is 49.8 Å². The Bertz CT molecular complexity index is 1700. The first-order chi connectivity index (χ1) is 25.9. The standard InChI is InChI=1S/C40H54N4O9S/c1-24-35-34(25(2)45)39(48)44(35)36(40(49)50)37(24)54-29-21-30(42-22-29)38(47)43(3)18-8-6-7-17-41-33(46)23-53-28-14-10-13-26(19-28)11-9-12-27-15-16-31(51-4)32(20-27)52-5/h10,13-16,19-20,24-25,29-30,34-35,42,45H,6-9,11-12,17-18,21-23H2,1-5H3,(H,41,46)(H,49,50)/t24-,25-,29+,30+,34-,35?/m1/s1. The maximum atomic E-state index is 13.2. The number of ether oxygens (including phenoxy) is 3. The van der Waals surface area contributed by atoms with Gasteiger partial charge in [0.1, 0.15) is 11.4 Å². The van der Waals surface area contributed by atoms with Crippen molar-refractivity contribution in [3.05, 3.63) is 64.2 Å². The van der Waals surface area contributed by atoms with Crippen molar-refractivity contribution in [3.63, 3.8) is 0 Å². The van der Waals surface area contributed by atoms with Crippen molar-refractivity contribution in [2.24, 2.45) is 11.8 Å². The summed E-state index contributed by atoms with van der Waals surface area (Å²) in [5.74, 6) is -0.398. The van der Waals surface area contributed by atoms with E-state index in [2.05, 4.69) is 16.7 Å². The maximum absolute atomic E-state index is 13.2. The molecule has 2 saturated heterocycles. The number of aryl methyl sites for hydroxylation is 2. The number of unbranched alkanes of at least 4 members (excludes halogenated alkanes) is 2. The van der Waals surface area contributed by atoms with Crippen molar-refractivity contribution in [1.29, 1.82) is 0 Å². The van der Waals surface area contributed by atoms with Crippen molar-refractivity contribution < 1.29 is 43.6 Å². The number of aliphatic carboxylic acids is 1. The third-order valence-electron chi connectivity index (χ3n) is 10.5. The molecule has 294 valence electrons. The largest absolute Gasteiger partial charge is 0.493 e. The molecule has 3 aliphatic rings. The second-order valence-corrected chi connectivity index (χ2v) is 15.7. The van der Waals surface area contributed by atoms with Crippen LogP contribution in [-0.2, 0) is 32.0 Å². The van der Waals surface area contributed by atoms with Crippen molar-refractivity contribution in [2.75, 3.05) is 47.5 Å². The van der Waals surface area contributed by atoms with Gasteiger partial charge in [-0.1, -0.05) is 25.1 Å². The van der Waals surface area contributed by atoms with E-state index in [1.165, 1.54) is 22.2 Å². The van der Waals surface area contributed by atoms with Crippen molar-refractivity contribution in [2.45, 2.75) is 82.2 Å². The minimum absolute atomic E-state index is 0.00870. The predicted octanol–water partition coefficient (Wildman–Crippen LogP) is 3.62. The number of methoxy groups -OCH3 is 2. The highest BCUT2D eigenvalue weighted by molar-refractivity contribution is 8.03. The molecule has 4 N–H and O–H groups in total. The van der Waals surface area contributed by atoms with Gasteiger partial charge in [-0.05, 0) is 87.3 Å². The summed E-state index contributed by atoms with van der Waals surface area (Å²) in [5.41, 5.74) is 2.33. The van der Waals surface area contributed by atoms with Gasteiger partial charge in [0.2, 0.25) is 11.8 Å². The van der Waals surface area contributed by atoms with Gasteiger partial charge >= 0.3 is 5.97 Å². The van der Waals surface area contributed by atoms with Crippen LogP contribution in [0.1, 0.15) is 57.1 Å². The lowest BCUT2D eigenvalue weighted by molar-refractivity contribution is -0.163. The third kappa shape index (κ3) is 9.69. The number of carboxylic acid groups (broad SMARTS) is 1. The molecule has 3 heterocycles. The highest BCUT2D eigenvalue weighted by Crippen LogP contribution is 2.51. The number of β-lactam (4-membered cyclic amide) rings is 1. The zero-order valence-corrected chi connectivity index (χ0v) is 32.7. The molecule has 3 aliphatic heterocycles. The van der Waals surface area contributed by atoms with Crippen molar-refractivity contribution in [1.82, 2.24) is 20.4 Å². The normalized spacial score (nSPS) is 22.4. The van der Waals surface area contributed by atoms with E-state index < -0.39 is 18.0 Å². The Morgan fingerprint density at radius 1 is 1.04 bits per heavy atom. The topological polar surface area (TPSA) is 167 Å². The van der Waals surface area contributed by atoms with Crippen LogP contribution in [-0.4, -0.2) is 115 Å². The first kappa shape index (κ1) is 40.9. The average molecular weight is 767 g/mol. The summed E-state index contributed by atoms with van der Waals surface area (Å²) in [5, 5.41) is 26.2. The molecule has 13 nitrogen and oxygen atoms in total. The summed E-state index contributed by atoms with van der Waals surface area (Å²) < 4.78 is 16.5. The molecule has 3 amide bonds. The second-order valence-electron chi connectivity index (χ2n) is 14.4. The molecule has 6 atom stereocenters. The molecule has 5 rings (SSSR count). The minimum atomic E-state index is -1.15. The van der Waals surface area contributed by atoms with E-state index in [1.54, 1.807) is 33.1 Å². The summed E-state index contributed by atoms with van der Waals surface area (Å²) in [4.78, 5) is 54.1. The number of hydrogen-bond acceptors (Lipinski definition) is 10. The van der Waals surface area contributed by atoms with Crippen LogP contribution in [0.4, 0.5) is 0 Å². The molecule has 2 fully saturated rings. The number of nitrogens with one attached hydrogen (secondary N) is 2. The average Bonchev–Trinajstić information content (AvgIpc) is 3.72. The number of carboxylic acids is 1. The number of carbonyl (C=O) groups excluding carboxylic acids is 3. The SMILES string of the molecule is COc1ccc(CCCc2cccc(OCC(=O)NCCCCCN(C)C(=O)[C@@H]3C[C@H](SC4=C(C(=O)O)N5C(=O)[C@H]([C@@H](C)O)C5[C@H]4C)CN3)c2)cc1OC. The fraction of sp³-hybridized carbons (Fsp3) is 0.550. The summed E-state index contributed by atoms with van der Waals surface area (Å²) >= 11 is 1.43. The van der Waals surface area contributed by atoms with Crippen LogP contribution in [0.25, 0.3) is 0 Å². The van der Waals surface area contributed by atoms with Gasteiger partial charge in [0.15, 0.2) is 18.1 Å². The van der Waals surface area contributed by atoms with Gasteiger partial charge in [-0.15, -0.1) is 11.8 Å². The number of fused-ring (bicyclic) bond motifs is 1. The molecule has 0 aliphatic carbocycles. The molecule has 0 aromatic heterocycles. The molecule has 0 saturated carbocycles. The molecule has 54 heavy (non-hydrogen) atoms. The number of likely N-dealkylation sites (N-methyl/N-ethyl adjacent to an activating group) is 1. The number of aliphatic hydroxyl groups is 1. The Morgan fingerprint density at radius 2 is 1.78 bits per heavy atom. The lowest BCUT2D eigenvalue weighted by Gasteiger charge is -2.46. The van der Waals surface area contributed by atoms with Gasteiger partial charge in [-0.25, -0.2) is 4.79 Å². The highest BCUT2D eigenvalue weighted by atomic mass is 32.2. The monoisotopic (exact) mass is 766 g/mol. The van der Waals surface area contributed by atoms with Gasteiger partial charge in [0.25, 0.3) is 5.91 Å². The van der Waals surface area contributed by atoms with Crippen LogP contribution in [0.15, 0.2) is 53.1 Å². The summed E-state index contributed by atoms with van der Waals surface area (Å²) in [6, 6.07) is 13.1. The maximum Gasteiger partial charge on any atom is 0.353 e. The molecule has 0 radical (unpaired) electrons. The van der Waals surface area contributed by atoms with Crippen molar-refractivity contribution in [3.8, 4) is 17.2 Å². The molecule has 0 bridgehead atoms. The Morgan fingerprint density at radius 3 is 2.48 bits per heavy atom. The molecular formula is C40H54N4O9S. The summed E-state index contributed by atoms with van der Waals surface area (Å²) in [7, 11) is 5.04. The highest BCUT2D eigenvalue weighted by Gasteiger charge is 2.60. The van der Waals surface area contributed by atoms with Crippen LogP contribution in [0.3, 0.4) is 0 Å². The number of benzene rings is 2. The first-order valence-electron chi connectivity index (χ1n) is 18.8. The summed E-state index contributed by atoms with van der Waals surface area (Å²) in [6.07, 6.45) is 4.83. The first-order valence-corrected chi connectivity index (χ1v) is 19.6. The second kappa shape index (κ2) is 18.9. The Kier molecular flexibility index (Phi) is 14.3. The molecule has 2 aromatic rings. The number of aliphatic hydroxyl groups excluding tert-OH is 1. The molecule has 1 unspecified atom stereocenters. The van der Waals surface area contributed by atoms with E-state index in [1.807, 2.05) is 43.3 Å². The number of carbonyl (C=O) groups is 4. The molecular weight excluding hydrogens is 713 g/mol. The van der Waals surface area contributed by atoms with E-state index in [-0.39, 0.29) is 53.3 Å². The van der Waals surface area contributed by atoms with E-state index >= 15 is 0 Å². The fourth-order valence-corrected chi connectivity index (χ4v) is 9.10. The van der Waals surface area contributed by atoms with Gasteiger partial charge < -0.3 is 44.9 Å². The van der Waals surface area contributed by atoms with Crippen LogP contribution < -0.4 is 24.8 Å². The Labute approximate surface area is 321 Å². The van der Waals surface area contributed by atoms with E-state index in [9.17, 15) is 29.4 Å². The quantitative estimate of drug-likeness (QED) is 0.115. The minimum Gasteiger partial charge on any atom is -0.493 e. The molecule has 0 spiro atoms. The molecule has 14 heteroatoms. The number of hydrogen-bond donors (Lipinski definition) is 4. The number of rotatable bonds is 20. The van der Waals surface area contributed by atoms with Gasteiger partial charge in [0.05, 0.1) is 38.3 Å². The number of thioether (sulfide) groups is 1. The Hall–Kier alpha value is -4.27. The van der Waals surface area contributed by atoms with Gasteiger partial charge in [0, 0.05) is 42.8 Å². The Balaban J connectivity index is 0.946. The zero-order chi connectivity index (χ0) is 38.9.